The fourth-order valence-electron chi connectivity index (χ4n) is 2.18. The highest BCUT2D eigenvalue weighted by Gasteiger charge is 2.21. The Balaban J connectivity index is 1.90. The summed E-state index contributed by atoms with van der Waals surface area (Å²) in [5.74, 6) is -0.575. The Kier molecular flexibility index (Phi) is 5.28. The summed E-state index contributed by atoms with van der Waals surface area (Å²) < 4.78 is 8.53. The second-order valence-corrected chi connectivity index (χ2v) is 5.36. The van der Waals surface area contributed by atoms with Gasteiger partial charge < -0.3 is 10.1 Å². The zero-order valence-electron chi connectivity index (χ0n) is 11.3. The zero-order chi connectivity index (χ0) is 14.4. The van der Waals surface area contributed by atoms with Crippen LogP contribution in [0.4, 0.5) is 9.80 Å². The van der Waals surface area contributed by atoms with Crippen LogP contribution < -0.4 is 10.6 Å². The van der Waals surface area contributed by atoms with Gasteiger partial charge in [-0.05, 0) is 19.8 Å². The minimum absolute atomic E-state index is 0.0515. The summed E-state index contributed by atoms with van der Waals surface area (Å²) in [6.07, 6.45) is 5.51. The zero-order valence-corrected chi connectivity index (χ0v) is 12.2. The van der Waals surface area contributed by atoms with E-state index < -0.39 is 5.97 Å². The van der Waals surface area contributed by atoms with Crippen LogP contribution >= 0.6 is 11.5 Å². The topological polar surface area (TPSA) is 93.2 Å². The number of nitrogens with one attached hydrogen (secondary N) is 2. The molecule has 110 valence electrons. The highest BCUT2D eigenvalue weighted by Crippen LogP contribution is 2.20. The van der Waals surface area contributed by atoms with Gasteiger partial charge in [-0.1, -0.05) is 23.8 Å². The Morgan fingerprint density at radius 3 is 2.80 bits per heavy atom. The third kappa shape index (κ3) is 3.89. The molecule has 1 aliphatic carbocycles. The molecule has 0 bridgehead atoms. The fourth-order valence-corrected chi connectivity index (χ4v) is 2.73. The number of urea groups is 1. The van der Waals surface area contributed by atoms with E-state index in [1.165, 1.54) is 6.42 Å². The second-order valence-electron chi connectivity index (χ2n) is 4.60. The van der Waals surface area contributed by atoms with Crippen LogP contribution in [0.25, 0.3) is 0 Å². The van der Waals surface area contributed by atoms with Crippen LogP contribution in [0.1, 0.15) is 49.5 Å². The normalized spacial score (nSPS) is 15.7. The molecule has 0 unspecified atom stereocenters. The van der Waals surface area contributed by atoms with Crippen LogP contribution in [0.3, 0.4) is 0 Å². The number of nitrogens with zero attached hydrogens (tertiary/aromatic N) is 2. The van der Waals surface area contributed by atoms with Gasteiger partial charge in [-0.2, -0.15) is 0 Å². The lowest BCUT2D eigenvalue weighted by Gasteiger charge is -2.22. The number of ether oxygens (including phenoxy) is 1. The Bertz CT molecular complexity index is 471. The largest absolute Gasteiger partial charge is 0.461 e. The Morgan fingerprint density at radius 2 is 2.10 bits per heavy atom. The standard InChI is InChI=1S/C12H18N4O3S/c1-2-19-11(17)9-10(20-16-15-9)14-12(18)13-8-6-4-3-5-7-8/h8H,2-7H2,1H3,(H2,13,14,18). The van der Waals surface area contributed by atoms with E-state index in [0.29, 0.717) is 5.00 Å². The van der Waals surface area contributed by atoms with Crippen molar-refractivity contribution in [1.29, 1.82) is 0 Å². The molecule has 1 aromatic heterocycles. The molecule has 2 amide bonds. The van der Waals surface area contributed by atoms with Crippen molar-refractivity contribution in [3.63, 3.8) is 0 Å². The van der Waals surface area contributed by atoms with Crippen molar-refractivity contribution in [2.24, 2.45) is 0 Å². The molecule has 20 heavy (non-hydrogen) atoms. The lowest BCUT2D eigenvalue weighted by molar-refractivity contribution is 0.0520. The maximum absolute atomic E-state index is 11.9. The van der Waals surface area contributed by atoms with E-state index in [0.717, 1.165) is 37.2 Å². The summed E-state index contributed by atoms with van der Waals surface area (Å²) in [6, 6.07) is -0.121. The fraction of sp³-hybridized carbons (Fsp3) is 0.667. The molecule has 0 aromatic carbocycles. The third-order valence-corrected chi connectivity index (χ3v) is 3.77. The van der Waals surface area contributed by atoms with Gasteiger partial charge in [-0.3, -0.25) is 5.32 Å². The number of hydrogen-bond acceptors (Lipinski definition) is 6. The van der Waals surface area contributed by atoms with Gasteiger partial charge in [0.25, 0.3) is 0 Å². The van der Waals surface area contributed by atoms with Crippen LogP contribution in [0.15, 0.2) is 0 Å². The summed E-state index contributed by atoms with van der Waals surface area (Å²) in [4.78, 5) is 23.5. The number of aromatic nitrogens is 2. The van der Waals surface area contributed by atoms with E-state index in [2.05, 4.69) is 20.2 Å². The van der Waals surface area contributed by atoms with Gasteiger partial charge in [0.15, 0.2) is 5.00 Å². The Morgan fingerprint density at radius 1 is 1.35 bits per heavy atom. The van der Waals surface area contributed by atoms with Crippen LogP contribution in [0.2, 0.25) is 0 Å². The van der Waals surface area contributed by atoms with E-state index in [-0.39, 0.29) is 24.4 Å². The van der Waals surface area contributed by atoms with Crippen molar-refractivity contribution in [3.05, 3.63) is 5.69 Å². The highest BCUT2D eigenvalue weighted by atomic mass is 32.1. The molecule has 0 spiro atoms. The number of carbonyl (C=O) groups is 2. The first-order valence-corrected chi connectivity index (χ1v) is 7.55. The summed E-state index contributed by atoms with van der Waals surface area (Å²) in [6.45, 7) is 1.96. The molecular formula is C12H18N4O3S. The van der Waals surface area contributed by atoms with Gasteiger partial charge >= 0.3 is 12.0 Å². The van der Waals surface area contributed by atoms with Crippen molar-refractivity contribution in [3.8, 4) is 0 Å². The van der Waals surface area contributed by atoms with Gasteiger partial charge in [0.2, 0.25) is 5.69 Å². The number of anilines is 1. The van der Waals surface area contributed by atoms with Gasteiger partial charge in [-0.15, -0.1) is 5.10 Å². The molecule has 1 saturated carbocycles. The molecular weight excluding hydrogens is 280 g/mol. The van der Waals surface area contributed by atoms with Crippen molar-refractivity contribution in [2.45, 2.75) is 45.1 Å². The SMILES string of the molecule is CCOC(=O)c1nnsc1NC(=O)NC1CCCCC1. The summed E-state index contributed by atoms with van der Waals surface area (Å²) in [5.41, 5.74) is 0.0515. The van der Waals surface area contributed by atoms with Crippen molar-refractivity contribution >= 4 is 28.5 Å². The third-order valence-electron chi connectivity index (χ3n) is 3.12. The number of hydrogen-bond donors (Lipinski definition) is 2. The summed E-state index contributed by atoms with van der Waals surface area (Å²) in [5, 5.41) is 9.53. The number of esters is 1. The van der Waals surface area contributed by atoms with Crippen molar-refractivity contribution < 1.29 is 14.3 Å². The van der Waals surface area contributed by atoms with Crippen LogP contribution in [0, 0.1) is 0 Å². The van der Waals surface area contributed by atoms with Crippen molar-refractivity contribution in [1.82, 2.24) is 14.9 Å². The molecule has 1 fully saturated rings. The Hall–Kier alpha value is -1.70. The van der Waals surface area contributed by atoms with Gasteiger partial charge in [-0.25, -0.2) is 9.59 Å². The van der Waals surface area contributed by atoms with E-state index in [4.69, 9.17) is 4.74 Å². The van der Waals surface area contributed by atoms with E-state index in [9.17, 15) is 9.59 Å². The molecule has 2 rings (SSSR count). The molecule has 1 aromatic rings. The summed E-state index contributed by atoms with van der Waals surface area (Å²) in [7, 11) is 0. The van der Waals surface area contributed by atoms with Crippen molar-refractivity contribution in [2.75, 3.05) is 11.9 Å². The smallest absolute Gasteiger partial charge is 0.362 e. The number of rotatable bonds is 4. The minimum atomic E-state index is -0.575. The maximum atomic E-state index is 11.9. The van der Waals surface area contributed by atoms with Gasteiger partial charge in [0.1, 0.15) is 0 Å². The van der Waals surface area contributed by atoms with Gasteiger partial charge in [0, 0.05) is 17.6 Å². The number of amides is 2. The van der Waals surface area contributed by atoms with E-state index in [1.807, 2.05) is 0 Å². The number of carbonyl (C=O) groups excluding carboxylic acids is 2. The molecule has 8 heteroatoms. The first-order chi connectivity index (χ1) is 9.70. The molecule has 2 N–H and O–H groups in total. The minimum Gasteiger partial charge on any atom is -0.461 e. The second kappa shape index (κ2) is 7.18. The predicted molar refractivity (Wildman–Crippen MR) is 74.9 cm³/mol. The van der Waals surface area contributed by atoms with E-state index in [1.54, 1.807) is 6.92 Å². The van der Waals surface area contributed by atoms with Crippen LogP contribution in [-0.4, -0.2) is 34.2 Å². The average molecular weight is 298 g/mol. The monoisotopic (exact) mass is 298 g/mol. The molecule has 0 saturated heterocycles. The molecule has 7 nitrogen and oxygen atoms in total. The lowest BCUT2D eigenvalue weighted by atomic mass is 9.96. The van der Waals surface area contributed by atoms with Crippen LogP contribution in [-0.2, 0) is 4.74 Å². The molecule has 0 aliphatic heterocycles. The lowest BCUT2D eigenvalue weighted by Crippen LogP contribution is -2.39. The van der Waals surface area contributed by atoms with E-state index >= 15 is 0 Å². The van der Waals surface area contributed by atoms with Crippen LogP contribution in [0.5, 0.6) is 0 Å². The molecule has 1 aliphatic rings. The predicted octanol–water partition coefficient (Wildman–Crippen LogP) is 2.17. The molecule has 1 heterocycles. The summed E-state index contributed by atoms with van der Waals surface area (Å²) >= 11 is 0.960. The first-order valence-electron chi connectivity index (χ1n) is 6.77. The molecule has 0 radical (unpaired) electrons. The molecule has 0 atom stereocenters. The average Bonchev–Trinajstić information content (AvgIpc) is 2.88. The quantitative estimate of drug-likeness (QED) is 0.831. The Labute approximate surface area is 121 Å². The first kappa shape index (κ1) is 14.7. The highest BCUT2D eigenvalue weighted by molar-refractivity contribution is 7.10. The maximum Gasteiger partial charge on any atom is 0.362 e. The van der Waals surface area contributed by atoms with Gasteiger partial charge in [0.05, 0.1) is 6.61 Å².